The average Bonchev–Trinajstić information content (AvgIpc) is 2.93. The SMILES string of the molecule is COc1ccc(S(=O)(=O)N2CCOCC2)cc1C(=O)Nc1cccc(NC(=O)c2ccc(C(C)(C)C)cc2)c1. The van der Waals surface area contributed by atoms with E-state index in [1.165, 1.54) is 29.6 Å². The van der Waals surface area contributed by atoms with E-state index in [0.29, 0.717) is 30.2 Å². The molecule has 1 aliphatic rings. The molecule has 1 aliphatic heterocycles. The predicted octanol–water partition coefficient (Wildman–Crippen LogP) is 4.52. The van der Waals surface area contributed by atoms with Gasteiger partial charge in [-0.1, -0.05) is 39.0 Å². The lowest BCUT2D eigenvalue weighted by molar-refractivity contribution is 0.0730. The first-order valence-electron chi connectivity index (χ1n) is 12.6. The lowest BCUT2D eigenvalue weighted by Crippen LogP contribution is -2.40. The van der Waals surface area contributed by atoms with Gasteiger partial charge in [-0.2, -0.15) is 4.31 Å². The number of hydrogen-bond donors (Lipinski definition) is 2. The lowest BCUT2D eigenvalue weighted by atomic mass is 9.87. The maximum atomic E-state index is 13.2. The number of ether oxygens (including phenoxy) is 2. The van der Waals surface area contributed by atoms with Crippen molar-refractivity contribution in [3.8, 4) is 5.75 Å². The number of amides is 2. The van der Waals surface area contributed by atoms with Gasteiger partial charge in [0.2, 0.25) is 10.0 Å². The first-order valence-corrected chi connectivity index (χ1v) is 14.0. The van der Waals surface area contributed by atoms with Crippen LogP contribution in [-0.2, 0) is 20.2 Å². The normalized spacial score (nSPS) is 14.5. The van der Waals surface area contributed by atoms with Gasteiger partial charge in [0.1, 0.15) is 5.75 Å². The highest BCUT2D eigenvalue weighted by Crippen LogP contribution is 2.27. The zero-order chi connectivity index (χ0) is 28.2. The van der Waals surface area contributed by atoms with Gasteiger partial charge in [0.25, 0.3) is 11.8 Å². The highest BCUT2D eigenvalue weighted by molar-refractivity contribution is 7.89. The Bertz CT molecular complexity index is 1460. The molecular formula is C29H33N3O6S. The fourth-order valence-corrected chi connectivity index (χ4v) is 5.59. The number of benzene rings is 3. The second-order valence-electron chi connectivity index (χ2n) is 10.2. The van der Waals surface area contributed by atoms with Crippen LogP contribution in [0.1, 0.15) is 47.1 Å². The minimum atomic E-state index is -3.80. The number of carbonyl (C=O) groups excluding carboxylic acids is 2. The number of nitrogens with zero attached hydrogens (tertiary/aromatic N) is 1. The van der Waals surface area contributed by atoms with Crippen LogP contribution in [0.4, 0.5) is 11.4 Å². The van der Waals surface area contributed by atoms with Gasteiger partial charge in [0.05, 0.1) is 30.8 Å². The molecule has 0 spiro atoms. The van der Waals surface area contributed by atoms with E-state index in [4.69, 9.17) is 9.47 Å². The summed E-state index contributed by atoms with van der Waals surface area (Å²) in [7, 11) is -2.39. The van der Waals surface area contributed by atoms with E-state index in [1.807, 2.05) is 12.1 Å². The molecule has 2 N–H and O–H groups in total. The summed E-state index contributed by atoms with van der Waals surface area (Å²) in [6, 6.07) is 18.3. The maximum absolute atomic E-state index is 13.2. The van der Waals surface area contributed by atoms with Crippen molar-refractivity contribution in [3.63, 3.8) is 0 Å². The van der Waals surface area contributed by atoms with E-state index in [2.05, 4.69) is 31.4 Å². The van der Waals surface area contributed by atoms with Gasteiger partial charge in [-0.15, -0.1) is 0 Å². The molecule has 0 radical (unpaired) electrons. The molecule has 3 aromatic rings. The van der Waals surface area contributed by atoms with Crippen LogP contribution in [0.3, 0.4) is 0 Å². The Labute approximate surface area is 229 Å². The van der Waals surface area contributed by atoms with Crippen molar-refractivity contribution in [1.29, 1.82) is 0 Å². The number of anilines is 2. The Kier molecular flexibility index (Phi) is 8.39. The van der Waals surface area contributed by atoms with Gasteiger partial charge in [-0.05, 0) is 59.5 Å². The van der Waals surface area contributed by atoms with Crippen LogP contribution in [0.5, 0.6) is 5.75 Å². The zero-order valence-electron chi connectivity index (χ0n) is 22.5. The highest BCUT2D eigenvalue weighted by Gasteiger charge is 2.28. The van der Waals surface area contributed by atoms with Crippen molar-refractivity contribution in [2.75, 3.05) is 44.0 Å². The zero-order valence-corrected chi connectivity index (χ0v) is 23.3. The average molecular weight is 552 g/mol. The molecule has 206 valence electrons. The molecule has 0 bridgehead atoms. The Morgan fingerprint density at radius 1 is 0.872 bits per heavy atom. The molecule has 0 atom stereocenters. The van der Waals surface area contributed by atoms with Gasteiger partial charge < -0.3 is 20.1 Å². The molecule has 0 aromatic heterocycles. The standard InChI is InChI=1S/C29H33N3O6S/c1-29(2,3)21-10-8-20(9-11-21)27(33)30-22-6-5-7-23(18-22)31-28(34)25-19-24(12-13-26(25)37-4)39(35,36)32-14-16-38-17-15-32/h5-13,18-19H,14-17H2,1-4H3,(H,30,33)(H,31,34). The summed E-state index contributed by atoms with van der Waals surface area (Å²) in [4.78, 5) is 26.0. The molecule has 0 unspecified atom stereocenters. The van der Waals surface area contributed by atoms with E-state index in [1.54, 1.807) is 36.4 Å². The second kappa shape index (κ2) is 11.6. The summed E-state index contributed by atoms with van der Waals surface area (Å²) < 4.78 is 38.1. The Morgan fingerprint density at radius 2 is 1.49 bits per heavy atom. The molecule has 39 heavy (non-hydrogen) atoms. The first kappa shape index (κ1) is 28.3. The second-order valence-corrected chi connectivity index (χ2v) is 12.1. The number of carbonyl (C=O) groups is 2. The van der Waals surface area contributed by atoms with Gasteiger partial charge in [0.15, 0.2) is 0 Å². The minimum Gasteiger partial charge on any atom is -0.496 e. The Balaban J connectivity index is 1.50. The van der Waals surface area contributed by atoms with Crippen molar-refractivity contribution in [1.82, 2.24) is 4.31 Å². The Morgan fingerprint density at radius 3 is 2.08 bits per heavy atom. The molecule has 1 heterocycles. The predicted molar refractivity (Wildman–Crippen MR) is 150 cm³/mol. The molecule has 0 saturated carbocycles. The van der Waals surface area contributed by atoms with Crippen molar-refractivity contribution in [2.24, 2.45) is 0 Å². The number of methoxy groups -OCH3 is 1. The summed E-state index contributed by atoms with van der Waals surface area (Å²) in [6.45, 7) is 7.45. The van der Waals surface area contributed by atoms with Gasteiger partial charge in [-0.25, -0.2) is 8.42 Å². The van der Waals surface area contributed by atoms with Crippen molar-refractivity contribution < 1.29 is 27.5 Å². The largest absolute Gasteiger partial charge is 0.496 e. The number of morpholine rings is 1. The summed E-state index contributed by atoms with van der Waals surface area (Å²) in [5, 5.41) is 5.62. The monoisotopic (exact) mass is 551 g/mol. The van der Waals surface area contributed by atoms with Crippen molar-refractivity contribution >= 4 is 33.2 Å². The van der Waals surface area contributed by atoms with Crippen LogP contribution in [0.15, 0.2) is 71.6 Å². The fraction of sp³-hybridized carbons (Fsp3) is 0.310. The van der Waals surface area contributed by atoms with Gasteiger partial charge in [-0.3, -0.25) is 9.59 Å². The molecule has 3 aromatic carbocycles. The van der Waals surface area contributed by atoms with Gasteiger partial charge in [0, 0.05) is 30.0 Å². The van der Waals surface area contributed by atoms with Crippen LogP contribution in [0, 0.1) is 0 Å². The topological polar surface area (TPSA) is 114 Å². The summed E-state index contributed by atoms with van der Waals surface area (Å²) in [5.74, 6) is -0.592. The third-order valence-electron chi connectivity index (χ3n) is 6.41. The van der Waals surface area contributed by atoms with E-state index in [9.17, 15) is 18.0 Å². The Hall–Kier alpha value is -3.73. The van der Waals surface area contributed by atoms with Crippen molar-refractivity contribution in [2.45, 2.75) is 31.1 Å². The fourth-order valence-electron chi connectivity index (χ4n) is 4.16. The third kappa shape index (κ3) is 6.65. The third-order valence-corrected chi connectivity index (χ3v) is 8.31. The van der Waals surface area contributed by atoms with Crippen LogP contribution < -0.4 is 15.4 Å². The highest BCUT2D eigenvalue weighted by atomic mass is 32.2. The molecule has 1 saturated heterocycles. The lowest BCUT2D eigenvalue weighted by Gasteiger charge is -2.26. The molecule has 4 rings (SSSR count). The summed E-state index contributed by atoms with van der Waals surface area (Å²) in [6.07, 6.45) is 0. The van der Waals surface area contributed by atoms with E-state index in [-0.39, 0.29) is 40.6 Å². The van der Waals surface area contributed by atoms with Crippen LogP contribution in [0.2, 0.25) is 0 Å². The molecule has 10 heteroatoms. The van der Waals surface area contributed by atoms with E-state index >= 15 is 0 Å². The summed E-state index contributed by atoms with van der Waals surface area (Å²) in [5.41, 5.74) is 2.61. The smallest absolute Gasteiger partial charge is 0.259 e. The van der Waals surface area contributed by atoms with E-state index in [0.717, 1.165) is 5.56 Å². The van der Waals surface area contributed by atoms with Crippen LogP contribution in [0.25, 0.3) is 0 Å². The molecule has 0 aliphatic carbocycles. The van der Waals surface area contributed by atoms with Crippen LogP contribution in [-0.4, -0.2) is 58.0 Å². The quantitative estimate of drug-likeness (QED) is 0.446. The number of nitrogens with one attached hydrogen (secondary N) is 2. The molecule has 2 amide bonds. The molecule has 1 fully saturated rings. The minimum absolute atomic E-state index is 0.00570. The number of hydrogen-bond acceptors (Lipinski definition) is 6. The maximum Gasteiger partial charge on any atom is 0.259 e. The number of sulfonamides is 1. The number of rotatable bonds is 7. The summed E-state index contributed by atoms with van der Waals surface area (Å²) >= 11 is 0. The van der Waals surface area contributed by atoms with Crippen LogP contribution >= 0.6 is 0 Å². The molecule has 9 nitrogen and oxygen atoms in total. The van der Waals surface area contributed by atoms with Crippen molar-refractivity contribution in [3.05, 3.63) is 83.4 Å². The van der Waals surface area contributed by atoms with Gasteiger partial charge >= 0.3 is 0 Å². The molecular weight excluding hydrogens is 518 g/mol. The first-order chi connectivity index (χ1) is 18.5. The van der Waals surface area contributed by atoms with E-state index < -0.39 is 15.9 Å².